The van der Waals surface area contributed by atoms with Crippen molar-refractivity contribution in [3.8, 4) is 0 Å². The summed E-state index contributed by atoms with van der Waals surface area (Å²) in [5, 5.41) is 3.17. The van der Waals surface area contributed by atoms with E-state index in [-0.39, 0.29) is 17.8 Å². The molecule has 2 fully saturated rings. The zero-order valence-electron chi connectivity index (χ0n) is 12.1. The van der Waals surface area contributed by atoms with E-state index in [0.717, 1.165) is 4.90 Å². The highest BCUT2D eigenvalue weighted by Crippen LogP contribution is 2.30. The lowest BCUT2D eigenvalue weighted by Crippen LogP contribution is -2.55. The number of amides is 4. The Morgan fingerprint density at radius 1 is 1.23 bits per heavy atom. The number of nitrogens with zero attached hydrogens (tertiary/aromatic N) is 2. The number of hydrogen-bond donors (Lipinski definition) is 1. The Bertz CT molecular complexity index is 653. The summed E-state index contributed by atoms with van der Waals surface area (Å²) in [6, 6.07) is 6.52. The molecule has 1 aromatic carbocycles. The van der Waals surface area contributed by atoms with Gasteiger partial charge in [0.1, 0.15) is 5.54 Å². The van der Waals surface area contributed by atoms with E-state index in [1.165, 1.54) is 7.05 Å². The number of nitrogens with one attached hydrogen (secondary N) is 1. The number of likely N-dealkylation sites (tertiary alicyclic amines) is 1. The molecule has 0 atom stereocenters. The maximum atomic E-state index is 12.5. The van der Waals surface area contributed by atoms with E-state index in [0.29, 0.717) is 36.5 Å². The van der Waals surface area contributed by atoms with Gasteiger partial charge in [-0.25, -0.2) is 4.79 Å². The first-order chi connectivity index (χ1) is 10.4. The van der Waals surface area contributed by atoms with Gasteiger partial charge in [-0.15, -0.1) is 0 Å². The van der Waals surface area contributed by atoms with E-state index in [1.54, 1.807) is 29.2 Å². The molecule has 2 aliphatic heterocycles. The third kappa shape index (κ3) is 2.23. The number of urea groups is 1. The minimum absolute atomic E-state index is 0.148. The van der Waals surface area contributed by atoms with Gasteiger partial charge in [0.25, 0.3) is 11.8 Å². The van der Waals surface area contributed by atoms with Crippen LogP contribution in [0.4, 0.5) is 4.79 Å². The van der Waals surface area contributed by atoms with Gasteiger partial charge in [-0.3, -0.25) is 14.5 Å². The molecule has 0 bridgehead atoms. The highest BCUT2D eigenvalue weighted by Gasteiger charge is 2.51. The molecule has 0 unspecified atom stereocenters. The molecule has 4 amide bonds. The Hall–Kier alpha value is -2.08. The number of carbonyl (C=O) groups excluding carboxylic acids is 3. The van der Waals surface area contributed by atoms with Gasteiger partial charge in [0, 0.05) is 20.1 Å². The summed E-state index contributed by atoms with van der Waals surface area (Å²) in [5.74, 6) is -0.368. The largest absolute Gasteiger partial charge is 0.338 e. The number of halogens is 1. The number of imide groups is 1. The molecule has 2 heterocycles. The topological polar surface area (TPSA) is 69.7 Å². The summed E-state index contributed by atoms with van der Waals surface area (Å²) in [4.78, 5) is 39.1. The van der Waals surface area contributed by atoms with Crippen molar-refractivity contribution < 1.29 is 14.4 Å². The Labute approximate surface area is 133 Å². The molecule has 2 aliphatic rings. The molecule has 2 saturated heterocycles. The van der Waals surface area contributed by atoms with Gasteiger partial charge in [0.05, 0.1) is 10.6 Å². The number of hydrogen-bond acceptors (Lipinski definition) is 3. The summed E-state index contributed by atoms with van der Waals surface area (Å²) in [5.41, 5.74) is -0.401. The summed E-state index contributed by atoms with van der Waals surface area (Å²) in [6.45, 7) is 0.813. The molecule has 7 heteroatoms. The van der Waals surface area contributed by atoms with E-state index >= 15 is 0 Å². The van der Waals surface area contributed by atoms with Crippen molar-refractivity contribution in [2.24, 2.45) is 0 Å². The van der Waals surface area contributed by atoms with E-state index in [9.17, 15) is 14.4 Å². The Morgan fingerprint density at radius 2 is 1.86 bits per heavy atom. The average Bonchev–Trinajstić information content (AvgIpc) is 2.72. The summed E-state index contributed by atoms with van der Waals surface area (Å²) >= 11 is 6.06. The third-order valence-electron chi connectivity index (χ3n) is 4.37. The monoisotopic (exact) mass is 321 g/mol. The first kappa shape index (κ1) is 14.8. The second kappa shape index (κ2) is 5.28. The van der Waals surface area contributed by atoms with Gasteiger partial charge in [0.15, 0.2) is 0 Å². The minimum atomic E-state index is -0.858. The number of benzene rings is 1. The van der Waals surface area contributed by atoms with Crippen molar-refractivity contribution in [3.63, 3.8) is 0 Å². The van der Waals surface area contributed by atoms with Gasteiger partial charge in [-0.1, -0.05) is 23.7 Å². The van der Waals surface area contributed by atoms with Crippen LogP contribution >= 0.6 is 11.6 Å². The van der Waals surface area contributed by atoms with Crippen LogP contribution in [0.3, 0.4) is 0 Å². The molecule has 116 valence electrons. The van der Waals surface area contributed by atoms with Crippen LogP contribution in [0.5, 0.6) is 0 Å². The number of likely N-dealkylation sites (N-methyl/N-ethyl adjacent to an activating group) is 1. The predicted octanol–water partition coefficient (Wildman–Crippen LogP) is 1.50. The molecule has 1 spiro atoms. The number of piperidine rings is 1. The molecule has 0 aliphatic carbocycles. The van der Waals surface area contributed by atoms with Gasteiger partial charge in [-0.05, 0) is 25.0 Å². The highest BCUT2D eigenvalue weighted by atomic mass is 35.5. The van der Waals surface area contributed by atoms with Gasteiger partial charge < -0.3 is 10.2 Å². The highest BCUT2D eigenvalue weighted by molar-refractivity contribution is 6.33. The third-order valence-corrected chi connectivity index (χ3v) is 4.70. The normalized spacial score (nSPS) is 20.5. The fraction of sp³-hybridized carbons (Fsp3) is 0.400. The number of rotatable bonds is 1. The lowest BCUT2D eigenvalue weighted by atomic mass is 9.87. The van der Waals surface area contributed by atoms with Crippen LogP contribution in [0.2, 0.25) is 5.02 Å². The summed E-state index contributed by atoms with van der Waals surface area (Å²) in [6.07, 6.45) is 0.830. The lowest BCUT2D eigenvalue weighted by Gasteiger charge is -2.37. The van der Waals surface area contributed by atoms with Crippen LogP contribution in [0.1, 0.15) is 23.2 Å². The van der Waals surface area contributed by atoms with Crippen molar-refractivity contribution >= 4 is 29.4 Å². The Kier molecular flexibility index (Phi) is 3.56. The molecule has 6 nitrogen and oxygen atoms in total. The smallest absolute Gasteiger partial charge is 0.324 e. The van der Waals surface area contributed by atoms with E-state index in [4.69, 9.17) is 11.6 Å². The first-order valence-corrected chi connectivity index (χ1v) is 7.46. The molecule has 0 radical (unpaired) electrons. The quantitative estimate of drug-likeness (QED) is 0.797. The molecular formula is C15H16ClN3O3. The van der Waals surface area contributed by atoms with Gasteiger partial charge in [-0.2, -0.15) is 0 Å². The SMILES string of the molecule is CN1C(=O)NC2(CCN(C(=O)c3ccccc3Cl)CC2)C1=O. The van der Waals surface area contributed by atoms with Crippen LogP contribution in [0, 0.1) is 0 Å². The molecule has 1 N–H and O–H groups in total. The van der Waals surface area contributed by atoms with E-state index < -0.39 is 5.54 Å². The summed E-state index contributed by atoms with van der Waals surface area (Å²) in [7, 11) is 1.47. The van der Waals surface area contributed by atoms with E-state index in [1.807, 2.05) is 0 Å². The van der Waals surface area contributed by atoms with Gasteiger partial charge >= 0.3 is 6.03 Å². The zero-order chi connectivity index (χ0) is 15.9. The van der Waals surface area contributed by atoms with Crippen molar-refractivity contribution in [2.45, 2.75) is 18.4 Å². The van der Waals surface area contributed by atoms with Crippen molar-refractivity contribution in [3.05, 3.63) is 34.9 Å². The molecule has 1 aromatic rings. The fourth-order valence-corrected chi connectivity index (χ4v) is 3.21. The lowest BCUT2D eigenvalue weighted by molar-refractivity contribution is -0.131. The number of carbonyl (C=O) groups is 3. The van der Waals surface area contributed by atoms with Gasteiger partial charge in [0.2, 0.25) is 0 Å². The van der Waals surface area contributed by atoms with Crippen LogP contribution in [-0.4, -0.2) is 53.3 Å². The van der Waals surface area contributed by atoms with Crippen LogP contribution in [0.15, 0.2) is 24.3 Å². The second-order valence-corrected chi connectivity index (χ2v) is 6.06. The van der Waals surface area contributed by atoms with Crippen LogP contribution in [0.25, 0.3) is 0 Å². The zero-order valence-corrected chi connectivity index (χ0v) is 12.9. The molecule has 3 rings (SSSR count). The van der Waals surface area contributed by atoms with Crippen LogP contribution in [-0.2, 0) is 4.79 Å². The second-order valence-electron chi connectivity index (χ2n) is 5.65. The molecule has 0 saturated carbocycles. The standard InChI is InChI=1S/C15H16ClN3O3/c1-18-13(21)15(17-14(18)22)6-8-19(9-7-15)12(20)10-4-2-3-5-11(10)16/h2-5H,6-9H2,1H3,(H,17,22). The fourth-order valence-electron chi connectivity index (χ4n) is 2.99. The predicted molar refractivity (Wildman–Crippen MR) is 80.6 cm³/mol. The van der Waals surface area contributed by atoms with E-state index in [2.05, 4.69) is 5.32 Å². The van der Waals surface area contributed by atoms with Crippen LogP contribution < -0.4 is 5.32 Å². The molecular weight excluding hydrogens is 306 g/mol. The maximum Gasteiger partial charge on any atom is 0.324 e. The summed E-state index contributed by atoms with van der Waals surface area (Å²) < 4.78 is 0. The van der Waals surface area contributed by atoms with Crippen molar-refractivity contribution in [1.82, 2.24) is 15.1 Å². The first-order valence-electron chi connectivity index (χ1n) is 7.09. The minimum Gasteiger partial charge on any atom is -0.338 e. The maximum absolute atomic E-state index is 12.5. The molecule has 0 aromatic heterocycles. The average molecular weight is 322 g/mol. The van der Waals surface area contributed by atoms with Crippen molar-refractivity contribution in [2.75, 3.05) is 20.1 Å². The Balaban J connectivity index is 1.73. The van der Waals surface area contributed by atoms with Crippen molar-refractivity contribution in [1.29, 1.82) is 0 Å². The molecule has 22 heavy (non-hydrogen) atoms. The Morgan fingerprint density at radius 3 is 2.41 bits per heavy atom.